The molecule has 1 heterocycles. The molecular weight excluding hydrogens is 285 g/mol. The van der Waals surface area contributed by atoms with Crippen LogP contribution in [0.25, 0.3) is 0 Å². The van der Waals surface area contributed by atoms with Crippen molar-refractivity contribution in [2.24, 2.45) is 0 Å². The number of nitrogens with zero attached hydrogens (tertiary/aromatic N) is 2. The molecule has 1 atom stereocenters. The summed E-state index contributed by atoms with van der Waals surface area (Å²) < 4.78 is 38.8. The molecule has 0 aliphatic rings. The zero-order valence-corrected chi connectivity index (χ0v) is 11.1. The Labute approximate surface area is 118 Å². The molecule has 2 rings (SSSR count). The second kappa shape index (κ2) is 5.94. The maximum Gasteiger partial charge on any atom is 0.416 e. The lowest BCUT2D eigenvalue weighted by Crippen LogP contribution is -2.17. The summed E-state index contributed by atoms with van der Waals surface area (Å²) in [6.45, 7) is 1.57. The van der Waals surface area contributed by atoms with Crippen molar-refractivity contribution >= 4 is 11.9 Å². The monoisotopic (exact) mass is 298 g/mol. The molecule has 0 radical (unpaired) electrons. The van der Waals surface area contributed by atoms with Crippen molar-refractivity contribution in [3.63, 3.8) is 0 Å². The van der Waals surface area contributed by atoms with Crippen LogP contribution in [0, 0.1) is 0 Å². The Morgan fingerprint density at radius 1 is 1.38 bits per heavy atom. The zero-order valence-electron chi connectivity index (χ0n) is 11.1. The van der Waals surface area contributed by atoms with E-state index in [-0.39, 0.29) is 17.9 Å². The highest BCUT2D eigenvalue weighted by molar-refractivity contribution is 5.89. The number of anilines is 1. The highest BCUT2D eigenvalue weighted by atomic mass is 19.4. The standard InChI is InChI=1S/C13H13F3N4O/c1-8(6-11(21)19-12-17-7-18-20-12)9-4-2-3-5-10(9)13(14,15)16/h2-5,7-8H,6H2,1H3,(H2,17,18,19,20,21). The molecule has 2 aromatic rings. The minimum atomic E-state index is -4.44. The smallest absolute Gasteiger partial charge is 0.295 e. The number of amides is 1. The first-order chi connectivity index (χ1) is 9.88. The number of alkyl halides is 3. The molecule has 1 unspecified atom stereocenters. The number of carbonyl (C=O) groups excluding carboxylic acids is 1. The summed E-state index contributed by atoms with van der Waals surface area (Å²) in [6, 6.07) is 5.25. The summed E-state index contributed by atoms with van der Waals surface area (Å²) in [6.07, 6.45) is -3.31. The molecule has 1 amide bonds. The molecule has 0 fully saturated rings. The van der Waals surface area contributed by atoms with Gasteiger partial charge in [-0.3, -0.25) is 10.1 Å². The molecule has 8 heteroatoms. The Hall–Kier alpha value is -2.38. The lowest BCUT2D eigenvalue weighted by molar-refractivity contribution is -0.138. The van der Waals surface area contributed by atoms with E-state index in [4.69, 9.17) is 0 Å². The minimum absolute atomic E-state index is 0.0895. The van der Waals surface area contributed by atoms with Gasteiger partial charge in [-0.15, -0.1) is 0 Å². The van der Waals surface area contributed by atoms with Gasteiger partial charge in [0.25, 0.3) is 0 Å². The first-order valence-corrected chi connectivity index (χ1v) is 6.19. The van der Waals surface area contributed by atoms with Gasteiger partial charge < -0.3 is 0 Å². The first-order valence-electron chi connectivity index (χ1n) is 6.19. The van der Waals surface area contributed by atoms with Crippen LogP contribution in [0.15, 0.2) is 30.6 Å². The van der Waals surface area contributed by atoms with Gasteiger partial charge in [0.1, 0.15) is 6.33 Å². The molecule has 5 nitrogen and oxygen atoms in total. The largest absolute Gasteiger partial charge is 0.416 e. The minimum Gasteiger partial charge on any atom is -0.295 e. The third kappa shape index (κ3) is 3.80. The highest BCUT2D eigenvalue weighted by Crippen LogP contribution is 2.35. The van der Waals surface area contributed by atoms with Gasteiger partial charge >= 0.3 is 6.18 Å². The van der Waals surface area contributed by atoms with Crippen molar-refractivity contribution in [1.29, 1.82) is 0 Å². The van der Waals surface area contributed by atoms with Crippen LogP contribution in [0.2, 0.25) is 0 Å². The van der Waals surface area contributed by atoms with E-state index in [1.165, 1.54) is 24.5 Å². The van der Waals surface area contributed by atoms with E-state index < -0.39 is 23.6 Å². The quantitative estimate of drug-likeness (QED) is 0.911. The summed E-state index contributed by atoms with van der Waals surface area (Å²) in [5.74, 6) is -0.849. The van der Waals surface area contributed by atoms with E-state index in [1.54, 1.807) is 6.92 Å². The lowest BCUT2D eigenvalue weighted by atomic mass is 9.92. The predicted molar refractivity (Wildman–Crippen MR) is 69.5 cm³/mol. The number of rotatable bonds is 4. The average Bonchev–Trinajstić information content (AvgIpc) is 2.90. The van der Waals surface area contributed by atoms with Gasteiger partial charge in [0.2, 0.25) is 11.9 Å². The van der Waals surface area contributed by atoms with Crippen LogP contribution in [0.1, 0.15) is 30.4 Å². The second-order valence-electron chi connectivity index (χ2n) is 4.57. The van der Waals surface area contributed by atoms with Gasteiger partial charge in [0.05, 0.1) is 5.56 Å². The van der Waals surface area contributed by atoms with Crippen molar-refractivity contribution in [1.82, 2.24) is 15.2 Å². The molecule has 1 aromatic carbocycles. The van der Waals surface area contributed by atoms with Gasteiger partial charge in [0.15, 0.2) is 0 Å². The summed E-state index contributed by atoms with van der Waals surface area (Å²) in [5, 5.41) is 8.43. The Kier molecular flexibility index (Phi) is 4.25. The van der Waals surface area contributed by atoms with Crippen LogP contribution in [-0.2, 0) is 11.0 Å². The number of aromatic nitrogens is 3. The molecule has 2 N–H and O–H groups in total. The van der Waals surface area contributed by atoms with Gasteiger partial charge in [0, 0.05) is 6.42 Å². The predicted octanol–water partition coefficient (Wildman–Crippen LogP) is 2.96. The number of H-pyrrole nitrogens is 1. The van der Waals surface area contributed by atoms with E-state index in [0.717, 1.165) is 6.07 Å². The number of hydrogen-bond donors (Lipinski definition) is 2. The number of aromatic amines is 1. The van der Waals surface area contributed by atoms with Gasteiger partial charge in [-0.1, -0.05) is 25.1 Å². The van der Waals surface area contributed by atoms with E-state index in [9.17, 15) is 18.0 Å². The SMILES string of the molecule is CC(CC(=O)Nc1ncn[nH]1)c1ccccc1C(F)(F)F. The molecular formula is C13H13F3N4O. The fourth-order valence-electron chi connectivity index (χ4n) is 2.02. The average molecular weight is 298 g/mol. The van der Waals surface area contributed by atoms with Crippen molar-refractivity contribution in [2.45, 2.75) is 25.4 Å². The zero-order chi connectivity index (χ0) is 15.5. The van der Waals surface area contributed by atoms with Crippen LogP contribution in [-0.4, -0.2) is 21.1 Å². The van der Waals surface area contributed by atoms with E-state index >= 15 is 0 Å². The lowest BCUT2D eigenvalue weighted by Gasteiger charge is -2.17. The first kappa shape index (κ1) is 15.0. The molecule has 112 valence electrons. The summed E-state index contributed by atoms with van der Waals surface area (Å²) >= 11 is 0. The Balaban J connectivity index is 2.10. The van der Waals surface area contributed by atoms with E-state index in [2.05, 4.69) is 20.5 Å². The number of halogens is 3. The van der Waals surface area contributed by atoms with E-state index in [0.29, 0.717) is 0 Å². The molecule has 0 saturated heterocycles. The molecule has 0 saturated carbocycles. The maximum absolute atomic E-state index is 12.9. The maximum atomic E-state index is 12.9. The van der Waals surface area contributed by atoms with Gasteiger partial charge in [-0.05, 0) is 17.5 Å². The summed E-state index contributed by atoms with van der Waals surface area (Å²) in [4.78, 5) is 15.5. The number of nitrogens with one attached hydrogen (secondary N) is 2. The van der Waals surface area contributed by atoms with Gasteiger partial charge in [-0.25, -0.2) is 5.10 Å². The fourth-order valence-corrected chi connectivity index (χ4v) is 2.02. The molecule has 21 heavy (non-hydrogen) atoms. The van der Waals surface area contributed by atoms with Crippen LogP contribution in [0.4, 0.5) is 19.1 Å². The van der Waals surface area contributed by atoms with Crippen LogP contribution >= 0.6 is 0 Å². The summed E-state index contributed by atoms with van der Waals surface area (Å²) in [5.41, 5.74) is -0.623. The number of hydrogen-bond acceptors (Lipinski definition) is 3. The third-order valence-electron chi connectivity index (χ3n) is 2.96. The highest BCUT2D eigenvalue weighted by Gasteiger charge is 2.34. The van der Waals surface area contributed by atoms with Crippen molar-refractivity contribution in [2.75, 3.05) is 5.32 Å². The molecule has 1 aromatic heterocycles. The molecule has 0 spiro atoms. The molecule has 0 bridgehead atoms. The molecule has 0 aliphatic heterocycles. The second-order valence-corrected chi connectivity index (χ2v) is 4.57. The van der Waals surface area contributed by atoms with Crippen LogP contribution < -0.4 is 5.32 Å². The van der Waals surface area contributed by atoms with Crippen molar-refractivity contribution in [3.05, 3.63) is 41.7 Å². The molecule has 0 aliphatic carbocycles. The summed E-state index contributed by atoms with van der Waals surface area (Å²) in [7, 11) is 0. The van der Waals surface area contributed by atoms with Gasteiger partial charge in [-0.2, -0.15) is 23.3 Å². The normalized spacial score (nSPS) is 13.0. The Morgan fingerprint density at radius 2 is 2.10 bits per heavy atom. The Bertz CT molecular complexity index is 610. The van der Waals surface area contributed by atoms with Crippen molar-refractivity contribution < 1.29 is 18.0 Å². The third-order valence-corrected chi connectivity index (χ3v) is 2.96. The Morgan fingerprint density at radius 3 is 2.71 bits per heavy atom. The van der Waals surface area contributed by atoms with Crippen LogP contribution in [0.5, 0.6) is 0 Å². The van der Waals surface area contributed by atoms with Crippen LogP contribution in [0.3, 0.4) is 0 Å². The topological polar surface area (TPSA) is 70.7 Å². The fraction of sp³-hybridized carbons (Fsp3) is 0.308. The van der Waals surface area contributed by atoms with E-state index in [1.807, 2.05) is 0 Å². The number of carbonyl (C=O) groups is 1. The number of benzene rings is 1. The van der Waals surface area contributed by atoms with Crippen molar-refractivity contribution in [3.8, 4) is 0 Å².